The van der Waals surface area contributed by atoms with Gasteiger partial charge in [-0.2, -0.15) is 18.4 Å². The van der Waals surface area contributed by atoms with Gasteiger partial charge in [0.1, 0.15) is 11.6 Å². The predicted octanol–water partition coefficient (Wildman–Crippen LogP) is 3.43. The van der Waals surface area contributed by atoms with Gasteiger partial charge >= 0.3 is 6.18 Å². The average molecular weight is 290 g/mol. The number of rotatable bonds is 3. The summed E-state index contributed by atoms with van der Waals surface area (Å²) in [6.45, 7) is 0.761. The van der Waals surface area contributed by atoms with Crippen molar-refractivity contribution >= 4 is 11.8 Å². The molecule has 1 aromatic rings. The lowest BCUT2D eigenvalue weighted by Gasteiger charge is -2.34. The highest BCUT2D eigenvalue weighted by molar-refractivity contribution is 8.03. The fourth-order valence-electron chi connectivity index (χ4n) is 1.92. The van der Waals surface area contributed by atoms with E-state index in [0.717, 1.165) is 12.1 Å². The van der Waals surface area contributed by atoms with Gasteiger partial charge in [0.05, 0.1) is 5.56 Å². The third kappa shape index (κ3) is 3.61. The zero-order chi connectivity index (χ0) is 14.0. The molecule has 1 saturated heterocycles. The second-order valence-corrected chi connectivity index (χ2v) is 5.21. The summed E-state index contributed by atoms with van der Waals surface area (Å²) < 4.78 is 50.8. The first-order valence-corrected chi connectivity index (χ1v) is 6.33. The minimum absolute atomic E-state index is 0.247. The van der Waals surface area contributed by atoms with Crippen molar-refractivity contribution in [3.63, 3.8) is 0 Å². The first-order chi connectivity index (χ1) is 8.88. The van der Waals surface area contributed by atoms with Gasteiger partial charge in [-0.25, -0.2) is 4.39 Å². The minimum Gasteiger partial charge on any atom is -0.293 e. The summed E-state index contributed by atoms with van der Waals surface area (Å²) in [5, 5.41) is 10.3. The number of thiocyanates is 1. The lowest BCUT2D eigenvalue weighted by molar-refractivity contribution is -0.137. The number of thioether (sulfide) groups is 1. The molecule has 0 aromatic heterocycles. The topological polar surface area (TPSA) is 27.0 Å². The van der Waals surface area contributed by atoms with Crippen LogP contribution in [0.1, 0.15) is 11.1 Å². The maximum absolute atomic E-state index is 12.7. The third-order valence-corrected chi connectivity index (χ3v) is 3.34. The number of hydrogen-bond acceptors (Lipinski definition) is 3. The van der Waals surface area contributed by atoms with E-state index < -0.39 is 17.9 Å². The number of nitriles is 1. The molecule has 0 atom stereocenters. The van der Waals surface area contributed by atoms with Crippen LogP contribution in [0, 0.1) is 10.7 Å². The second-order valence-electron chi connectivity index (χ2n) is 4.35. The molecule has 102 valence electrons. The second kappa shape index (κ2) is 5.39. The minimum atomic E-state index is -4.45. The van der Waals surface area contributed by atoms with Crippen LogP contribution in [0.4, 0.5) is 17.6 Å². The van der Waals surface area contributed by atoms with Gasteiger partial charge in [0.15, 0.2) is 0 Å². The van der Waals surface area contributed by atoms with Crippen LogP contribution in [-0.2, 0) is 12.7 Å². The number of nitrogens with zero attached hydrogens (tertiary/aromatic N) is 2. The molecule has 0 saturated carbocycles. The Morgan fingerprint density at radius 2 is 2.00 bits per heavy atom. The highest BCUT2D eigenvalue weighted by Crippen LogP contribution is 2.33. The van der Waals surface area contributed by atoms with Gasteiger partial charge in [-0.05, 0) is 35.5 Å². The highest BCUT2D eigenvalue weighted by atomic mass is 32.2. The summed E-state index contributed by atoms with van der Waals surface area (Å²) >= 11 is 0.686. The number of likely N-dealkylation sites (tertiary alicyclic amines) is 1. The van der Waals surface area contributed by atoms with Crippen molar-refractivity contribution in [2.75, 3.05) is 13.1 Å². The fraction of sp³-hybridized carbons (Fsp3) is 0.417. The number of halogens is 4. The van der Waals surface area contributed by atoms with Gasteiger partial charge in [-0.3, -0.25) is 4.90 Å². The van der Waals surface area contributed by atoms with Crippen LogP contribution in [0.5, 0.6) is 0 Å². The number of benzene rings is 1. The first-order valence-electron chi connectivity index (χ1n) is 5.52. The molecule has 0 N–H and O–H groups in total. The van der Waals surface area contributed by atoms with Crippen LogP contribution in [0.2, 0.25) is 0 Å². The Balaban J connectivity index is 2.22. The summed E-state index contributed by atoms with van der Waals surface area (Å²) in [6, 6.07) is 3.53. The standard InChI is InChI=1S/C12H10F4N2S/c13-10-5-18(6-10)4-8-1-9(12(14,15)16)3-11(2-8)19-7-17/h1-3,10H,4-6H2. The Labute approximate surface area is 112 Å². The zero-order valence-corrected chi connectivity index (χ0v) is 10.6. The molecule has 19 heavy (non-hydrogen) atoms. The van der Waals surface area contributed by atoms with E-state index in [0.29, 0.717) is 17.3 Å². The monoisotopic (exact) mass is 290 g/mol. The molecule has 1 aromatic carbocycles. The summed E-state index contributed by atoms with van der Waals surface area (Å²) in [5.74, 6) is 0. The van der Waals surface area contributed by atoms with Crippen molar-refractivity contribution in [3.05, 3.63) is 29.3 Å². The van der Waals surface area contributed by atoms with Crippen molar-refractivity contribution in [2.24, 2.45) is 0 Å². The van der Waals surface area contributed by atoms with E-state index in [-0.39, 0.29) is 24.5 Å². The quantitative estimate of drug-likeness (QED) is 0.485. The molecule has 0 spiro atoms. The molecule has 2 nitrogen and oxygen atoms in total. The lowest BCUT2D eigenvalue weighted by atomic mass is 10.1. The molecule has 0 unspecified atom stereocenters. The summed E-state index contributed by atoms with van der Waals surface area (Å²) in [5.41, 5.74) is -0.334. The summed E-state index contributed by atoms with van der Waals surface area (Å²) in [6.07, 6.45) is -5.34. The Morgan fingerprint density at radius 1 is 1.32 bits per heavy atom. The predicted molar refractivity (Wildman–Crippen MR) is 63.1 cm³/mol. The van der Waals surface area contributed by atoms with Gasteiger partial charge in [0, 0.05) is 24.5 Å². The van der Waals surface area contributed by atoms with E-state index >= 15 is 0 Å². The van der Waals surface area contributed by atoms with E-state index in [1.54, 1.807) is 10.3 Å². The fourth-order valence-corrected chi connectivity index (χ4v) is 2.42. The average Bonchev–Trinajstić information content (AvgIpc) is 2.26. The van der Waals surface area contributed by atoms with Crippen LogP contribution >= 0.6 is 11.8 Å². The SMILES string of the molecule is N#CSc1cc(CN2CC(F)C2)cc(C(F)(F)F)c1. The third-order valence-electron chi connectivity index (χ3n) is 2.78. The van der Waals surface area contributed by atoms with Gasteiger partial charge in [0.25, 0.3) is 0 Å². The van der Waals surface area contributed by atoms with E-state index in [2.05, 4.69) is 0 Å². The van der Waals surface area contributed by atoms with Gasteiger partial charge in [-0.1, -0.05) is 0 Å². The van der Waals surface area contributed by atoms with E-state index in [1.807, 2.05) is 0 Å². The smallest absolute Gasteiger partial charge is 0.293 e. The maximum atomic E-state index is 12.7. The van der Waals surface area contributed by atoms with Crippen molar-refractivity contribution in [1.29, 1.82) is 5.26 Å². The molecule has 7 heteroatoms. The van der Waals surface area contributed by atoms with E-state index in [9.17, 15) is 17.6 Å². The molecular weight excluding hydrogens is 280 g/mol. The molecule has 0 amide bonds. The number of hydrogen-bond donors (Lipinski definition) is 0. The van der Waals surface area contributed by atoms with Crippen molar-refractivity contribution in [3.8, 4) is 5.40 Å². The van der Waals surface area contributed by atoms with Crippen LogP contribution in [0.3, 0.4) is 0 Å². The Kier molecular flexibility index (Phi) is 4.02. The van der Waals surface area contributed by atoms with Gasteiger partial charge in [-0.15, -0.1) is 0 Å². The molecular formula is C12H10F4N2S. The molecule has 0 radical (unpaired) electrons. The first kappa shape index (κ1) is 14.2. The summed E-state index contributed by atoms with van der Waals surface area (Å²) in [4.78, 5) is 1.98. The molecule has 1 heterocycles. The highest BCUT2D eigenvalue weighted by Gasteiger charge is 2.32. The maximum Gasteiger partial charge on any atom is 0.416 e. The molecule has 2 rings (SSSR count). The zero-order valence-electron chi connectivity index (χ0n) is 9.75. The van der Waals surface area contributed by atoms with E-state index in [4.69, 9.17) is 5.26 Å². The van der Waals surface area contributed by atoms with E-state index in [1.165, 1.54) is 6.07 Å². The molecule has 0 aliphatic carbocycles. The molecule has 1 aliphatic rings. The van der Waals surface area contributed by atoms with Crippen LogP contribution in [-0.4, -0.2) is 24.2 Å². The Hall–Kier alpha value is -1.26. The van der Waals surface area contributed by atoms with Crippen molar-refractivity contribution in [2.45, 2.75) is 23.8 Å². The van der Waals surface area contributed by atoms with Crippen molar-refractivity contribution < 1.29 is 17.6 Å². The van der Waals surface area contributed by atoms with Crippen LogP contribution < -0.4 is 0 Å². The van der Waals surface area contributed by atoms with Crippen LogP contribution in [0.25, 0.3) is 0 Å². The largest absolute Gasteiger partial charge is 0.416 e. The van der Waals surface area contributed by atoms with Gasteiger partial charge < -0.3 is 0 Å². The summed E-state index contributed by atoms with van der Waals surface area (Å²) in [7, 11) is 0. The molecule has 1 aliphatic heterocycles. The van der Waals surface area contributed by atoms with Gasteiger partial charge in [0.2, 0.25) is 0 Å². The normalized spacial score (nSPS) is 17.0. The Morgan fingerprint density at radius 3 is 2.53 bits per heavy atom. The Bertz CT molecular complexity index is 503. The lowest BCUT2D eigenvalue weighted by Crippen LogP contribution is -2.47. The molecule has 1 fully saturated rings. The number of alkyl halides is 4. The van der Waals surface area contributed by atoms with Crippen molar-refractivity contribution in [1.82, 2.24) is 4.90 Å². The molecule has 0 bridgehead atoms. The van der Waals surface area contributed by atoms with Crippen LogP contribution in [0.15, 0.2) is 23.1 Å².